The lowest BCUT2D eigenvalue weighted by Crippen LogP contribution is -2.15. The smallest absolute Gasteiger partial charge is 0.225 e. The number of hydrogen-bond donors (Lipinski definition) is 4. The van der Waals surface area contributed by atoms with E-state index in [4.69, 9.17) is 5.73 Å². The summed E-state index contributed by atoms with van der Waals surface area (Å²) in [5.74, 6) is 2.13. The van der Waals surface area contributed by atoms with Crippen LogP contribution in [0.25, 0.3) is 5.70 Å². The van der Waals surface area contributed by atoms with Gasteiger partial charge in [-0.05, 0) is 25.3 Å². The molecule has 8 nitrogen and oxygen atoms in total. The topological polar surface area (TPSA) is 122 Å². The third-order valence-corrected chi connectivity index (χ3v) is 4.57. The van der Waals surface area contributed by atoms with Gasteiger partial charge in [0.05, 0.1) is 6.54 Å². The van der Waals surface area contributed by atoms with E-state index in [1.807, 2.05) is 49.4 Å². The zero-order valence-corrected chi connectivity index (χ0v) is 16.1. The highest BCUT2D eigenvalue weighted by Gasteiger charge is 2.25. The second-order valence-electron chi connectivity index (χ2n) is 7.11. The Bertz CT molecular complexity index is 1040. The van der Waals surface area contributed by atoms with E-state index in [1.165, 1.54) is 18.9 Å². The molecule has 0 spiro atoms. The Hall–Kier alpha value is -3.68. The van der Waals surface area contributed by atoms with Crippen molar-refractivity contribution in [2.45, 2.75) is 25.7 Å². The Morgan fingerprint density at radius 2 is 2.00 bits per heavy atom. The van der Waals surface area contributed by atoms with Crippen LogP contribution in [-0.4, -0.2) is 32.5 Å². The fourth-order valence-electron chi connectivity index (χ4n) is 2.95. The Balaban J connectivity index is 1.38. The second kappa shape index (κ2) is 8.14. The Morgan fingerprint density at radius 3 is 2.76 bits per heavy atom. The van der Waals surface area contributed by atoms with Crippen molar-refractivity contribution in [3.63, 3.8) is 0 Å². The molecule has 0 aliphatic heterocycles. The molecule has 3 aromatic rings. The van der Waals surface area contributed by atoms with Crippen LogP contribution in [0.15, 0.2) is 48.5 Å². The van der Waals surface area contributed by atoms with E-state index in [2.05, 4.69) is 30.8 Å². The minimum Gasteiger partial charge on any atom is -0.398 e. The molecule has 0 amide bonds. The van der Waals surface area contributed by atoms with Gasteiger partial charge in [0, 0.05) is 41.2 Å². The highest BCUT2D eigenvalue weighted by molar-refractivity contribution is 5.98. The number of nitrogens with two attached hydrogens (primary N) is 1. The average molecular weight is 389 g/mol. The van der Waals surface area contributed by atoms with Gasteiger partial charge < -0.3 is 16.4 Å². The van der Waals surface area contributed by atoms with E-state index in [1.54, 1.807) is 0 Å². The number of aromatic nitrogens is 4. The predicted octanol–water partition coefficient (Wildman–Crippen LogP) is 3.11. The molecule has 0 bridgehead atoms. The number of carbonyl (C=O) groups is 1. The molecular formula is C21H23N7O. The fraction of sp³-hybridized carbons (Fsp3) is 0.238. The normalized spacial score (nSPS) is 13.9. The van der Waals surface area contributed by atoms with Crippen molar-refractivity contribution in [3.05, 3.63) is 65.5 Å². The maximum atomic E-state index is 12.2. The number of H-pyrrole nitrogens is 1. The summed E-state index contributed by atoms with van der Waals surface area (Å²) in [6.07, 6.45) is 3.83. The van der Waals surface area contributed by atoms with E-state index in [0.29, 0.717) is 29.2 Å². The Morgan fingerprint density at radius 1 is 1.21 bits per heavy atom. The molecule has 0 saturated heterocycles. The Labute approximate surface area is 168 Å². The molecule has 0 unspecified atom stereocenters. The Kier molecular flexibility index (Phi) is 5.24. The second-order valence-corrected chi connectivity index (χ2v) is 7.11. The van der Waals surface area contributed by atoms with Gasteiger partial charge in [-0.15, -0.1) is 0 Å². The number of aromatic amines is 1. The molecule has 1 aliphatic carbocycles. The summed E-state index contributed by atoms with van der Waals surface area (Å²) in [6.45, 7) is 1.91. The number of nitrogens with one attached hydrogen (secondary N) is 3. The van der Waals surface area contributed by atoms with Gasteiger partial charge in [-0.3, -0.25) is 9.89 Å². The minimum absolute atomic E-state index is 0.0463. The van der Waals surface area contributed by atoms with Crippen molar-refractivity contribution in [3.8, 4) is 0 Å². The van der Waals surface area contributed by atoms with Crippen LogP contribution in [0.2, 0.25) is 0 Å². The van der Waals surface area contributed by atoms with Crippen molar-refractivity contribution >= 4 is 29.1 Å². The SMILES string of the molecule is Cc1cc(Nc2cc(C3CC3)[nH]n2)nc(NCC(=O)C=C(N)c2ccccc2)n1. The molecule has 4 rings (SSSR count). The summed E-state index contributed by atoms with van der Waals surface area (Å²) >= 11 is 0. The number of nitrogens with zero attached hydrogens (tertiary/aromatic N) is 3. The van der Waals surface area contributed by atoms with Crippen molar-refractivity contribution in [2.24, 2.45) is 5.73 Å². The van der Waals surface area contributed by atoms with E-state index in [9.17, 15) is 4.79 Å². The van der Waals surface area contributed by atoms with E-state index in [-0.39, 0.29) is 12.3 Å². The summed E-state index contributed by atoms with van der Waals surface area (Å²) in [4.78, 5) is 21.0. The zero-order valence-electron chi connectivity index (χ0n) is 16.1. The van der Waals surface area contributed by atoms with Gasteiger partial charge in [-0.25, -0.2) is 4.98 Å². The van der Waals surface area contributed by atoms with Gasteiger partial charge in [0.15, 0.2) is 11.6 Å². The van der Waals surface area contributed by atoms with Crippen molar-refractivity contribution in [2.75, 3.05) is 17.2 Å². The first-order valence-electron chi connectivity index (χ1n) is 9.54. The van der Waals surface area contributed by atoms with Gasteiger partial charge in [-0.1, -0.05) is 30.3 Å². The number of anilines is 3. The van der Waals surface area contributed by atoms with Gasteiger partial charge in [0.2, 0.25) is 5.95 Å². The number of aryl methyl sites for hydroxylation is 1. The van der Waals surface area contributed by atoms with Gasteiger partial charge >= 0.3 is 0 Å². The standard InChI is InChI=1S/C21H23N7O/c1-13-9-19(25-20-11-18(27-28-20)15-7-8-15)26-21(24-13)23-12-16(29)10-17(22)14-5-3-2-4-6-14/h2-6,9-11,15H,7-8,12,22H2,1H3,(H3,23,24,25,26,27,28). The van der Waals surface area contributed by atoms with Crippen LogP contribution in [0.1, 0.15) is 35.7 Å². The average Bonchev–Trinajstić information content (AvgIpc) is 3.46. The molecular weight excluding hydrogens is 366 g/mol. The molecule has 1 saturated carbocycles. The summed E-state index contributed by atoms with van der Waals surface area (Å²) in [5.41, 5.74) is 9.14. The summed E-state index contributed by atoms with van der Waals surface area (Å²) in [7, 11) is 0. The number of hydrogen-bond acceptors (Lipinski definition) is 7. The third-order valence-electron chi connectivity index (χ3n) is 4.57. The van der Waals surface area contributed by atoms with Gasteiger partial charge in [-0.2, -0.15) is 10.1 Å². The molecule has 2 heterocycles. The van der Waals surface area contributed by atoms with Crippen LogP contribution in [-0.2, 0) is 4.79 Å². The third kappa shape index (κ3) is 4.98. The molecule has 0 atom stereocenters. The number of benzene rings is 1. The molecule has 8 heteroatoms. The summed E-state index contributed by atoms with van der Waals surface area (Å²) in [5, 5.41) is 13.5. The van der Waals surface area contributed by atoms with Crippen molar-refractivity contribution < 1.29 is 4.79 Å². The van der Waals surface area contributed by atoms with E-state index in [0.717, 1.165) is 17.0 Å². The molecule has 5 N–H and O–H groups in total. The largest absolute Gasteiger partial charge is 0.398 e. The first-order chi connectivity index (χ1) is 14.1. The van der Waals surface area contributed by atoms with Crippen LogP contribution in [0, 0.1) is 6.92 Å². The van der Waals surface area contributed by atoms with Gasteiger partial charge in [0.25, 0.3) is 0 Å². The van der Waals surface area contributed by atoms with Crippen molar-refractivity contribution in [1.82, 2.24) is 20.2 Å². The molecule has 29 heavy (non-hydrogen) atoms. The lowest BCUT2D eigenvalue weighted by Gasteiger charge is -2.08. The van der Waals surface area contributed by atoms with Gasteiger partial charge in [0.1, 0.15) is 5.82 Å². The lowest BCUT2D eigenvalue weighted by molar-refractivity contribution is -0.113. The molecule has 1 aromatic carbocycles. The highest BCUT2D eigenvalue weighted by Crippen LogP contribution is 2.39. The highest BCUT2D eigenvalue weighted by atomic mass is 16.1. The fourth-order valence-corrected chi connectivity index (χ4v) is 2.95. The predicted molar refractivity (Wildman–Crippen MR) is 113 cm³/mol. The number of carbonyl (C=O) groups excluding carboxylic acids is 1. The molecule has 148 valence electrons. The minimum atomic E-state index is -0.160. The van der Waals surface area contributed by atoms with E-state index >= 15 is 0 Å². The number of ketones is 1. The van der Waals surface area contributed by atoms with Crippen LogP contribution in [0.4, 0.5) is 17.6 Å². The maximum absolute atomic E-state index is 12.2. The molecule has 1 aliphatic rings. The quantitative estimate of drug-likeness (QED) is 0.437. The van der Waals surface area contributed by atoms with Crippen LogP contribution < -0.4 is 16.4 Å². The zero-order chi connectivity index (χ0) is 20.2. The molecule has 2 aromatic heterocycles. The number of rotatable bonds is 8. The first kappa shape index (κ1) is 18.7. The molecule has 1 fully saturated rings. The van der Waals surface area contributed by atoms with E-state index < -0.39 is 0 Å². The summed E-state index contributed by atoms with van der Waals surface area (Å²) in [6, 6.07) is 13.2. The van der Waals surface area contributed by atoms with Crippen molar-refractivity contribution in [1.29, 1.82) is 0 Å². The van der Waals surface area contributed by atoms with Crippen LogP contribution >= 0.6 is 0 Å². The monoisotopic (exact) mass is 389 g/mol. The van der Waals surface area contributed by atoms with Crippen LogP contribution in [0.5, 0.6) is 0 Å². The maximum Gasteiger partial charge on any atom is 0.225 e. The van der Waals surface area contributed by atoms with Crippen LogP contribution in [0.3, 0.4) is 0 Å². The first-order valence-corrected chi connectivity index (χ1v) is 9.54. The molecule has 0 radical (unpaired) electrons. The summed E-state index contributed by atoms with van der Waals surface area (Å²) < 4.78 is 0. The lowest BCUT2D eigenvalue weighted by atomic mass is 10.1.